The van der Waals surface area contributed by atoms with Crippen LogP contribution >= 0.6 is 23.1 Å². The van der Waals surface area contributed by atoms with Gasteiger partial charge in [0.2, 0.25) is 0 Å². The van der Waals surface area contributed by atoms with E-state index in [0.29, 0.717) is 10.8 Å². The maximum atomic E-state index is 3.77. The molecule has 1 nitrogen and oxygen atoms in total. The molecule has 2 atom stereocenters. The average Bonchev–Trinajstić information content (AvgIpc) is 2.96. The maximum Gasteiger partial charge on any atom is 0.0288 e. The van der Waals surface area contributed by atoms with Crippen LogP contribution in [-0.4, -0.2) is 23.1 Å². The van der Waals surface area contributed by atoms with E-state index in [-0.39, 0.29) is 0 Å². The summed E-state index contributed by atoms with van der Waals surface area (Å²) in [7, 11) is 0. The van der Waals surface area contributed by atoms with Crippen molar-refractivity contribution in [2.75, 3.05) is 12.3 Å². The average molecular weight is 269 g/mol. The third-order valence-corrected chi connectivity index (χ3v) is 6.02. The summed E-state index contributed by atoms with van der Waals surface area (Å²) in [6.45, 7) is 5.84. The van der Waals surface area contributed by atoms with E-state index in [4.69, 9.17) is 0 Å². The molecule has 17 heavy (non-hydrogen) atoms. The lowest BCUT2D eigenvalue weighted by Crippen LogP contribution is -2.47. The zero-order chi connectivity index (χ0) is 12.1. The summed E-state index contributed by atoms with van der Waals surface area (Å²) in [5.41, 5.74) is 1.50. The summed E-state index contributed by atoms with van der Waals surface area (Å²) in [5, 5.41) is 8.26. The molecule has 1 N–H and O–H groups in total. The van der Waals surface area contributed by atoms with Gasteiger partial charge in [0, 0.05) is 10.8 Å². The molecule has 3 heteroatoms. The second kappa shape index (κ2) is 6.26. The van der Waals surface area contributed by atoms with Crippen LogP contribution in [0.15, 0.2) is 16.8 Å². The highest BCUT2D eigenvalue weighted by atomic mass is 32.2. The van der Waals surface area contributed by atoms with Gasteiger partial charge in [0.15, 0.2) is 0 Å². The first-order valence-corrected chi connectivity index (χ1v) is 8.56. The van der Waals surface area contributed by atoms with Crippen molar-refractivity contribution in [3.8, 4) is 0 Å². The Morgan fingerprint density at radius 2 is 2.41 bits per heavy atom. The van der Waals surface area contributed by atoms with Gasteiger partial charge in [0.25, 0.3) is 0 Å². The normalized spacial score (nSPS) is 26.2. The van der Waals surface area contributed by atoms with E-state index in [2.05, 4.69) is 47.8 Å². The third kappa shape index (κ3) is 3.49. The minimum Gasteiger partial charge on any atom is -0.312 e. The van der Waals surface area contributed by atoms with E-state index >= 15 is 0 Å². The fourth-order valence-electron chi connectivity index (χ4n) is 2.54. The van der Waals surface area contributed by atoms with E-state index < -0.39 is 0 Å². The molecule has 1 aromatic rings. The lowest BCUT2D eigenvalue weighted by atomic mass is 9.91. The molecule has 0 amide bonds. The molecule has 1 aliphatic heterocycles. The Bertz CT molecular complexity index is 315. The molecule has 0 spiro atoms. The van der Waals surface area contributed by atoms with Crippen molar-refractivity contribution in [2.24, 2.45) is 0 Å². The van der Waals surface area contributed by atoms with Gasteiger partial charge in [-0.25, -0.2) is 0 Å². The first-order valence-electron chi connectivity index (χ1n) is 6.63. The number of hydrogen-bond donors (Lipinski definition) is 1. The van der Waals surface area contributed by atoms with Crippen molar-refractivity contribution in [3.63, 3.8) is 0 Å². The Balaban J connectivity index is 2.02. The predicted octanol–water partition coefficient (Wildman–Crippen LogP) is 3.94. The molecule has 2 heterocycles. The van der Waals surface area contributed by atoms with E-state index in [0.717, 1.165) is 6.54 Å². The minimum absolute atomic E-state index is 0.442. The van der Waals surface area contributed by atoms with Gasteiger partial charge in [0.1, 0.15) is 0 Å². The van der Waals surface area contributed by atoms with Crippen molar-refractivity contribution >= 4 is 23.1 Å². The van der Waals surface area contributed by atoms with Crippen molar-refractivity contribution in [1.29, 1.82) is 0 Å². The summed E-state index contributed by atoms with van der Waals surface area (Å²) in [6.07, 6.45) is 5.16. The zero-order valence-electron chi connectivity index (χ0n) is 10.9. The molecule has 1 fully saturated rings. The van der Waals surface area contributed by atoms with Crippen molar-refractivity contribution in [1.82, 2.24) is 5.32 Å². The van der Waals surface area contributed by atoms with Crippen LogP contribution in [0.3, 0.4) is 0 Å². The number of rotatable bonds is 6. The van der Waals surface area contributed by atoms with Crippen LogP contribution in [0.2, 0.25) is 0 Å². The second-order valence-electron chi connectivity index (χ2n) is 5.11. The predicted molar refractivity (Wildman–Crippen MR) is 80.2 cm³/mol. The first-order chi connectivity index (χ1) is 8.24. The Morgan fingerprint density at radius 3 is 3.00 bits per heavy atom. The van der Waals surface area contributed by atoms with Gasteiger partial charge in [-0.2, -0.15) is 23.1 Å². The maximum absolute atomic E-state index is 3.77. The lowest BCUT2D eigenvalue weighted by Gasteiger charge is -2.34. The van der Waals surface area contributed by atoms with E-state index in [1.54, 1.807) is 0 Å². The highest BCUT2D eigenvalue weighted by Crippen LogP contribution is 2.41. The van der Waals surface area contributed by atoms with E-state index in [1.165, 1.54) is 37.0 Å². The fraction of sp³-hybridized carbons (Fsp3) is 0.714. The molecule has 2 rings (SSSR count). The third-order valence-electron chi connectivity index (χ3n) is 3.65. The van der Waals surface area contributed by atoms with Crippen molar-refractivity contribution in [2.45, 2.75) is 50.3 Å². The van der Waals surface area contributed by atoms with Crippen LogP contribution in [0.4, 0.5) is 0 Å². The summed E-state index contributed by atoms with van der Waals surface area (Å²) in [4.78, 5) is 0. The quantitative estimate of drug-likeness (QED) is 0.839. The second-order valence-corrected chi connectivity index (χ2v) is 7.52. The summed E-state index contributed by atoms with van der Waals surface area (Å²) in [6, 6.07) is 2.90. The highest BCUT2D eigenvalue weighted by molar-refractivity contribution is 8.00. The van der Waals surface area contributed by atoms with Gasteiger partial charge in [-0.1, -0.05) is 6.92 Å². The van der Waals surface area contributed by atoms with E-state index in [1.807, 2.05) is 11.3 Å². The van der Waals surface area contributed by atoms with Gasteiger partial charge < -0.3 is 5.32 Å². The summed E-state index contributed by atoms with van der Waals surface area (Å²) >= 11 is 3.98. The standard InChI is InChI=1S/C14H23NS2/c1-3-7-15-13(10-12-5-9-16-11-12)14(2)6-4-8-17-14/h5,9,11,13,15H,3-4,6-8,10H2,1-2H3. The molecule has 1 aromatic heterocycles. The minimum atomic E-state index is 0.442. The highest BCUT2D eigenvalue weighted by Gasteiger charge is 2.37. The molecule has 0 radical (unpaired) electrons. The number of nitrogens with one attached hydrogen (secondary N) is 1. The first kappa shape index (κ1) is 13.4. The summed E-state index contributed by atoms with van der Waals surface area (Å²) in [5.74, 6) is 1.34. The fourth-order valence-corrected chi connectivity index (χ4v) is 4.64. The van der Waals surface area contributed by atoms with Crippen LogP contribution in [0.5, 0.6) is 0 Å². The topological polar surface area (TPSA) is 12.0 Å². The summed E-state index contributed by atoms with van der Waals surface area (Å²) < 4.78 is 0.442. The van der Waals surface area contributed by atoms with Crippen LogP contribution in [0, 0.1) is 0 Å². The zero-order valence-corrected chi connectivity index (χ0v) is 12.5. The van der Waals surface area contributed by atoms with Crippen LogP contribution in [0.1, 0.15) is 38.7 Å². The van der Waals surface area contributed by atoms with Gasteiger partial charge in [-0.3, -0.25) is 0 Å². The molecular weight excluding hydrogens is 246 g/mol. The Hall–Kier alpha value is 0.01000. The lowest BCUT2D eigenvalue weighted by molar-refractivity contribution is 0.399. The van der Waals surface area contributed by atoms with Gasteiger partial charge in [0.05, 0.1) is 0 Å². The molecule has 0 aliphatic carbocycles. The molecule has 1 saturated heterocycles. The smallest absolute Gasteiger partial charge is 0.0288 e. The Kier molecular flexibility index (Phi) is 4.95. The van der Waals surface area contributed by atoms with Crippen molar-refractivity contribution < 1.29 is 0 Å². The van der Waals surface area contributed by atoms with Gasteiger partial charge in [-0.05, 0) is 67.3 Å². The van der Waals surface area contributed by atoms with Crippen molar-refractivity contribution in [3.05, 3.63) is 22.4 Å². The molecule has 0 bridgehead atoms. The molecule has 2 unspecified atom stereocenters. The molecule has 0 aromatic carbocycles. The Morgan fingerprint density at radius 1 is 1.53 bits per heavy atom. The molecule has 0 saturated carbocycles. The van der Waals surface area contributed by atoms with Crippen LogP contribution in [0.25, 0.3) is 0 Å². The SMILES string of the molecule is CCCNC(Cc1ccsc1)C1(C)CCCS1. The van der Waals surface area contributed by atoms with Crippen LogP contribution in [-0.2, 0) is 6.42 Å². The number of thioether (sulfide) groups is 1. The van der Waals surface area contributed by atoms with Crippen LogP contribution < -0.4 is 5.32 Å². The molecular formula is C14H23NS2. The Labute approximate surface area is 113 Å². The number of thiophene rings is 1. The van der Waals surface area contributed by atoms with Gasteiger partial charge in [-0.15, -0.1) is 0 Å². The largest absolute Gasteiger partial charge is 0.312 e. The van der Waals surface area contributed by atoms with Gasteiger partial charge >= 0.3 is 0 Å². The molecule has 96 valence electrons. The number of hydrogen-bond acceptors (Lipinski definition) is 3. The monoisotopic (exact) mass is 269 g/mol. The van der Waals surface area contributed by atoms with E-state index in [9.17, 15) is 0 Å². The molecule has 1 aliphatic rings.